The lowest BCUT2D eigenvalue weighted by Gasteiger charge is -2.24. The summed E-state index contributed by atoms with van der Waals surface area (Å²) in [5.41, 5.74) is 3.74. The molecule has 2 heterocycles. The van der Waals surface area contributed by atoms with Crippen LogP contribution in [-0.2, 0) is 0 Å². The first-order valence-corrected chi connectivity index (χ1v) is 7.61. The SMILES string of the molecule is CCN1CCCN(c2ccnc3c(C)cccc23)CC1. The molecule has 0 saturated carbocycles. The second-order valence-electron chi connectivity index (χ2n) is 5.58. The molecule has 0 bridgehead atoms. The Morgan fingerprint density at radius 1 is 1.10 bits per heavy atom. The summed E-state index contributed by atoms with van der Waals surface area (Å²) in [4.78, 5) is 9.62. The molecule has 0 aliphatic carbocycles. The van der Waals surface area contributed by atoms with Crippen molar-refractivity contribution >= 4 is 16.6 Å². The summed E-state index contributed by atoms with van der Waals surface area (Å²) < 4.78 is 0. The van der Waals surface area contributed by atoms with Gasteiger partial charge in [0.05, 0.1) is 5.52 Å². The van der Waals surface area contributed by atoms with Crippen LogP contribution in [0.5, 0.6) is 0 Å². The lowest BCUT2D eigenvalue weighted by molar-refractivity contribution is 0.310. The second-order valence-corrected chi connectivity index (χ2v) is 5.58. The summed E-state index contributed by atoms with van der Waals surface area (Å²) in [5, 5.41) is 1.29. The number of para-hydroxylation sites is 1. The summed E-state index contributed by atoms with van der Waals surface area (Å²) in [6.07, 6.45) is 3.19. The van der Waals surface area contributed by atoms with E-state index in [0.29, 0.717) is 0 Å². The van der Waals surface area contributed by atoms with Gasteiger partial charge in [-0.25, -0.2) is 0 Å². The van der Waals surface area contributed by atoms with E-state index in [0.717, 1.165) is 31.7 Å². The fourth-order valence-corrected chi connectivity index (χ4v) is 3.11. The zero-order chi connectivity index (χ0) is 13.9. The third kappa shape index (κ3) is 2.50. The largest absolute Gasteiger partial charge is 0.370 e. The van der Waals surface area contributed by atoms with Crippen LogP contribution in [-0.4, -0.2) is 42.6 Å². The van der Waals surface area contributed by atoms with E-state index in [2.05, 4.69) is 52.9 Å². The molecule has 0 atom stereocenters. The van der Waals surface area contributed by atoms with Crippen LogP contribution in [0.25, 0.3) is 10.9 Å². The quantitative estimate of drug-likeness (QED) is 0.835. The number of benzene rings is 1. The van der Waals surface area contributed by atoms with Crippen LogP contribution in [0.2, 0.25) is 0 Å². The second kappa shape index (κ2) is 5.80. The first-order chi connectivity index (χ1) is 9.79. The van der Waals surface area contributed by atoms with E-state index < -0.39 is 0 Å². The van der Waals surface area contributed by atoms with Crippen LogP contribution in [0.1, 0.15) is 18.9 Å². The molecule has 106 valence electrons. The predicted octanol–water partition coefficient (Wildman–Crippen LogP) is 3.08. The minimum Gasteiger partial charge on any atom is -0.370 e. The van der Waals surface area contributed by atoms with Gasteiger partial charge in [-0.05, 0) is 38.1 Å². The highest BCUT2D eigenvalue weighted by Gasteiger charge is 2.16. The molecule has 1 saturated heterocycles. The summed E-state index contributed by atoms with van der Waals surface area (Å²) in [7, 11) is 0. The number of fused-ring (bicyclic) bond motifs is 1. The Morgan fingerprint density at radius 3 is 2.85 bits per heavy atom. The van der Waals surface area contributed by atoms with Gasteiger partial charge in [-0.15, -0.1) is 0 Å². The van der Waals surface area contributed by atoms with Crippen molar-refractivity contribution in [1.82, 2.24) is 9.88 Å². The molecule has 1 aliphatic heterocycles. The van der Waals surface area contributed by atoms with E-state index in [1.807, 2.05) is 6.20 Å². The summed E-state index contributed by atoms with van der Waals surface area (Å²) in [6.45, 7) is 10.2. The van der Waals surface area contributed by atoms with Gasteiger partial charge in [0.2, 0.25) is 0 Å². The molecule has 3 nitrogen and oxygen atoms in total. The monoisotopic (exact) mass is 269 g/mol. The van der Waals surface area contributed by atoms with Crippen LogP contribution in [0.3, 0.4) is 0 Å². The van der Waals surface area contributed by atoms with Gasteiger partial charge in [-0.2, -0.15) is 0 Å². The summed E-state index contributed by atoms with van der Waals surface area (Å²) in [5.74, 6) is 0. The van der Waals surface area contributed by atoms with E-state index in [1.54, 1.807) is 0 Å². The summed E-state index contributed by atoms with van der Waals surface area (Å²) in [6, 6.07) is 8.65. The molecular weight excluding hydrogens is 246 g/mol. The Balaban J connectivity index is 1.96. The lowest BCUT2D eigenvalue weighted by Crippen LogP contribution is -2.30. The average molecular weight is 269 g/mol. The first-order valence-electron chi connectivity index (χ1n) is 7.61. The standard InChI is InChI=1S/C17H23N3/c1-3-19-10-5-11-20(13-12-19)16-8-9-18-17-14(2)6-4-7-15(16)17/h4,6-9H,3,5,10-13H2,1-2H3. The fourth-order valence-electron chi connectivity index (χ4n) is 3.11. The van der Waals surface area contributed by atoms with Crippen molar-refractivity contribution in [2.75, 3.05) is 37.6 Å². The molecule has 0 spiro atoms. The highest BCUT2D eigenvalue weighted by Crippen LogP contribution is 2.27. The zero-order valence-corrected chi connectivity index (χ0v) is 12.5. The van der Waals surface area contributed by atoms with Gasteiger partial charge in [-0.1, -0.05) is 25.1 Å². The van der Waals surface area contributed by atoms with E-state index in [4.69, 9.17) is 0 Å². The Labute approximate surface area is 121 Å². The maximum Gasteiger partial charge on any atom is 0.0751 e. The van der Waals surface area contributed by atoms with Gasteiger partial charge in [0.25, 0.3) is 0 Å². The molecule has 0 radical (unpaired) electrons. The van der Waals surface area contributed by atoms with Crippen LogP contribution >= 0.6 is 0 Å². The van der Waals surface area contributed by atoms with Crippen molar-refractivity contribution in [2.24, 2.45) is 0 Å². The summed E-state index contributed by atoms with van der Waals surface area (Å²) >= 11 is 0. The number of hydrogen-bond donors (Lipinski definition) is 0. The number of rotatable bonds is 2. The van der Waals surface area contributed by atoms with Gasteiger partial charge >= 0.3 is 0 Å². The van der Waals surface area contributed by atoms with Crippen molar-refractivity contribution in [3.05, 3.63) is 36.0 Å². The molecule has 3 rings (SSSR count). The third-order valence-electron chi connectivity index (χ3n) is 4.33. The van der Waals surface area contributed by atoms with Crippen molar-refractivity contribution < 1.29 is 0 Å². The first kappa shape index (κ1) is 13.4. The molecule has 0 unspecified atom stereocenters. The van der Waals surface area contributed by atoms with Gasteiger partial charge < -0.3 is 9.80 Å². The molecule has 1 fully saturated rings. The predicted molar refractivity (Wildman–Crippen MR) is 85.4 cm³/mol. The fraction of sp³-hybridized carbons (Fsp3) is 0.471. The van der Waals surface area contributed by atoms with E-state index in [1.165, 1.54) is 29.6 Å². The lowest BCUT2D eigenvalue weighted by atomic mass is 10.1. The van der Waals surface area contributed by atoms with Crippen LogP contribution in [0.15, 0.2) is 30.5 Å². The molecule has 0 N–H and O–H groups in total. The zero-order valence-electron chi connectivity index (χ0n) is 12.5. The molecule has 1 aromatic carbocycles. The molecule has 3 heteroatoms. The maximum absolute atomic E-state index is 4.55. The smallest absolute Gasteiger partial charge is 0.0751 e. The Hall–Kier alpha value is -1.61. The molecule has 2 aromatic rings. The number of nitrogens with zero attached hydrogens (tertiary/aromatic N) is 3. The van der Waals surface area contributed by atoms with E-state index in [-0.39, 0.29) is 0 Å². The van der Waals surface area contributed by atoms with Gasteiger partial charge in [0.15, 0.2) is 0 Å². The van der Waals surface area contributed by atoms with Crippen LogP contribution < -0.4 is 4.90 Å². The number of pyridine rings is 1. The van der Waals surface area contributed by atoms with Crippen LogP contribution in [0.4, 0.5) is 5.69 Å². The normalized spacial score (nSPS) is 17.4. The molecule has 1 aromatic heterocycles. The Kier molecular flexibility index (Phi) is 3.88. The highest BCUT2D eigenvalue weighted by atomic mass is 15.2. The van der Waals surface area contributed by atoms with Crippen molar-refractivity contribution in [2.45, 2.75) is 20.3 Å². The third-order valence-corrected chi connectivity index (χ3v) is 4.33. The van der Waals surface area contributed by atoms with Crippen LogP contribution in [0, 0.1) is 6.92 Å². The number of aromatic nitrogens is 1. The number of hydrogen-bond acceptors (Lipinski definition) is 3. The van der Waals surface area contributed by atoms with E-state index in [9.17, 15) is 0 Å². The highest BCUT2D eigenvalue weighted by molar-refractivity contribution is 5.93. The minimum absolute atomic E-state index is 1.11. The Bertz CT molecular complexity index is 594. The van der Waals surface area contributed by atoms with Gasteiger partial charge in [-0.3, -0.25) is 4.98 Å². The maximum atomic E-state index is 4.55. The minimum atomic E-state index is 1.11. The van der Waals surface area contributed by atoms with Crippen molar-refractivity contribution in [3.8, 4) is 0 Å². The van der Waals surface area contributed by atoms with E-state index >= 15 is 0 Å². The average Bonchev–Trinajstić information content (AvgIpc) is 2.72. The van der Waals surface area contributed by atoms with Gasteiger partial charge in [0.1, 0.15) is 0 Å². The molecule has 20 heavy (non-hydrogen) atoms. The van der Waals surface area contributed by atoms with Gasteiger partial charge in [0, 0.05) is 36.9 Å². The number of likely N-dealkylation sites (N-methyl/N-ethyl adjacent to an activating group) is 1. The molecule has 1 aliphatic rings. The number of anilines is 1. The molecule has 0 amide bonds. The topological polar surface area (TPSA) is 19.4 Å². The van der Waals surface area contributed by atoms with Crippen molar-refractivity contribution in [3.63, 3.8) is 0 Å². The number of aryl methyl sites for hydroxylation is 1. The molecular formula is C17H23N3. The van der Waals surface area contributed by atoms with Crippen molar-refractivity contribution in [1.29, 1.82) is 0 Å². The Morgan fingerprint density at radius 2 is 2.00 bits per heavy atom.